The second-order valence-corrected chi connectivity index (χ2v) is 3.81. The quantitative estimate of drug-likeness (QED) is 0.624. The summed E-state index contributed by atoms with van der Waals surface area (Å²) in [5.74, 6) is -1.71. The first-order chi connectivity index (χ1) is 7.86. The number of amides is 3. The Kier molecular flexibility index (Phi) is 6.62. The third-order valence-corrected chi connectivity index (χ3v) is 2.47. The number of nitrogens with one attached hydrogen (secondary N) is 2. The first-order valence-electron chi connectivity index (χ1n) is 5.39. The van der Waals surface area contributed by atoms with E-state index in [1.807, 2.05) is 26.1 Å². The van der Waals surface area contributed by atoms with E-state index in [0.29, 0.717) is 12.0 Å². The maximum atomic E-state index is 11.3. The van der Waals surface area contributed by atoms with Crippen LogP contribution in [0.1, 0.15) is 27.2 Å². The average Bonchev–Trinajstić information content (AvgIpc) is 2.24. The molecule has 3 N–H and O–H groups in total. The molecule has 0 saturated carbocycles. The van der Waals surface area contributed by atoms with Gasteiger partial charge in [0.05, 0.1) is 0 Å². The minimum Gasteiger partial charge on any atom is -0.478 e. The lowest BCUT2D eigenvalue weighted by Crippen LogP contribution is -2.45. The molecule has 0 aliphatic heterocycles. The van der Waals surface area contributed by atoms with E-state index < -0.39 is 17.9 Å². The van der Waals surface area contributed by atoms with Gasteiger partial charge in [-0.2, -0.15) is 0 Å². The van der Waals surface area contributed by atoms with Crippen molar-refractivity contribution in [3.05, 3.63) is 12.2 Å². The molecule has 0 heterocycles. The van der Waals surface area contributed by atoms with Crippen LogP contribution in [-0.4, -0.2) is 29.1 Å². The van der Waals surface area contributed by atoms with Gasteiger partial charge in [-0.05, 0) is 12.8 Å². The van der Waals surface area contributed by atoms with Gasteiger partial charge in [-0.3, -0.25) is 10.1 Å². The number of imide groups is 1. The van der Waals surface area contributed by atoms with Crippen LogP contribution in [0.15, 0.2) is 12.2 Å². The van der Waals surface area contributed by atoms with Gasteiger partial charge in [0.1, 0.15) is 0 Å². The van der Waals surface area contributed by atoms with Crippen molar-refractivity contribution in [2.45, 2.75) is 33.2 Å². The monoisotopic (exact) mass is 242 g/mol. The number of urea groups is 1. The molecule has 0 fully saturated rings. The second-order valence-electron chi connectivity index (χ2n) is 3.81. The summed E-state index contributed by atoms with van der Waals surface area (Å²) in [6.07, 6.45) is 2.37. The Morgan fingerprint density at radius 3 is 2.29 bits per heavy atom. The van der Waals surface area contributed by atoms with Crippen LogP contribution in [0.4, 0.5) is 4.79 Å². The van der Waals surface area contributed by atoms with Gasteiger partial charge in [-0.25, -0.2) is 9.59 Å². The van der Waals surface area contributed by atoms with Gasteiger partial charge in [0, 0.05) is 18.2 Å². The highest BCUT2D eigenvalue weighted by Gasteiger charge is 2.13. The molecule has 0 saturated heterocycles. The summed E-state index contributed by atoms with van der Waals surface area (Å²) in [6.45, 7) is 5.82. The summed E-state index contributed by atoms with van der Waals surface area (Å²) in [5.41, 5.74) is 0. The van der Waals surface area contributed by atoms with E-state index in [-0.39, 0.29) is 6.04 Å². The number of hydrogen-bond donors (Lipinski definition) is 3. The van der Waals surface area contributed by atoms with Crippen LogP contribution in [-0.2, 0) is 9.59 Å². The fraction of sp³-hybridized carbons (Fsp3) is 0.545. The van der Waals surface area contributed by atoms with E-state index >= 15 is 0 Å². The molecule has 0 radical (unpaired) electrons. The van der Waals surface area contributed by atoms with Crippen molar-refractivity contribution in [2.24, 2.45) is 5.92 Å². The number of carbonyl (C=O) groups excluding carboxylic acids is 2. The summed E-state index contributed by atoms with van der Waals surface area (Å²) in [4.78, 5) is 32.5. The maximum absolute atomic E-state index is 11.3. The zero-order chi connectivity index (χ0) is 13.4. The lowest BCUT2D eigenvalue weighted by atomic mass is 10.0. The number of aliphatic carboxylic acids is 1. The first kappa shape index (κ1) is 15.2. The van der Waals surface area contributed by atoms with Crippen molar-refractivity contribution in [2.75, 3.05) is 0 Å². The molecule has 17 heavy (non-hydrogen) atoms. The minimum atomic E-state index is -1.24. The number of rotatable bonds is 5. The molecule has 0 aromatic heterocycles. The van der Waals surface area contributed by atoms with E-state index in [1.165, 1.54) is 0 Å². The minimum absolute atomic E-state index is 0.0590. The highest BCUT2D eigenvalue weighted by Crippen LogP contribution is 2.05. The number of carboxylic acid groups (broad SMARTS) is 1. The van der Waals surface area contributed by atoms with Gasteiger partial charge in [-0.15, -0.1) is 0 Å². The zero-order valence-electron chi connectivity index (χ0n) is 10.2. The molecule has 0 aromatic carbocycles. The van der Waals surface area contributed by atoms with E-state index in [9.17, 15) is 14.4 Å². The van der Waals surface area contributed by atoms with Gasteiger partial charge in [0.25, 0.3) is 5.91 Å². The molecular formula is C11H18N2O4. The Labute approximate surface area is 100 Å². The van der Waals surface area contributed by atoms with Crippen LogP contribution < -0.4 is 10.6 Å². The zero-order valence-corrected chi connectivity index (χ0v) is 10.2. The number of hydrogen-bond acceptors (Lipinski definition) is 3. The molecule has 3 amide bonds. The fourth-order valence-electron chi connectivity index (χ4n) is 1.04. The standard InChI is InChI=1S/C11H18N2O4/c1-4-7(2)8(3)12-11(17)13-9(14)5-6-10(15)16/h5-8H,4H2,1-3H3,(H,15,16)(H2,12,13,14,17). The summed E-state index contributed by atoms with van der Waals surface area (Å²) in [7, 11) is 0. The highest BCUT2D eigenvalue weighted by molar-refractivity contribution is 6.02. The van der Waals surface area contributed by atoms with Gasteiger partial charge in [0.15, 0.2) is 0 Å². The summed E-state index contributed by atoms with van der Waals surface area (Å²) >= 11 is 0. The topological polar surface area (TPSA) is 95.5 Å². The Bertz CT molecular complexity index is 325. The normalized spacial score (nSPS) is 14.1. The molecule has 0 aliphatic rings. The van der Waals surface area contributed by atoms with Crippen molar-refractivity contribution in [1.29, 1.82) is 0 Å². The van der Waals surface area contributed by atoms with Crippen LogP contribution >= 0.6 is 0 Å². The summed E-state index contributed by atoms with van der Waals surface area (Å²) in [5, 5.41) is 12.9. The van der Waals surface area contributed by atoms with Gasteiger partial charge in [-0.1, -0.05) is 20.3 Å². The predicted octanol–water partition coefficient (Wildman–Crippen LogP) is 0.888. The second kappa shape index (κ2) is 7.43. The van der Waals surface area contributed by atoms with Crippen molar-refractivity contribution >= 4 is 17.9 Å². The first-order valence-corrected chi connectivity index (χ1v) is 5.39. The fourth-order valence-corrected chi connectivity index (χ4v) is 1.04. The molecule has 2 atom stereocenters. The smallest absolute Gasteiger partial charge is 0.328 e. The van der Waals surface area contributed by atoms with Crippen LogP contribution in [0.5, 0.6) is 0 Å². The predicted molar refractivity (Wildman–Crippen MR) is 62.4 cm³/mol. The third-order valence-electron chi connectivity index (χ3n) is 2.47. The molecule has 96 valence electrons. The number of carboxylic acids is 1. The molecule has 0 rings (SSSR count). The van der Waals surface area contributed by atoms with Crippen molar-refractivity contribution in [3.8, 4) is 0 Å². The lowest BCUT2D eigenvalue weighted by molar-refractivity contribution is -0.131. The van der Waals surface area contributed by atoms with Crippen molar-refractivity contribution in [3.63, 3.8) is 0 Å². The summed E-state index contributed by atoms with van der Waals surface area (Å²) in [6, 6.07) is -0.686. The Morgan fingerprint density at radius 2 is 1.82 bits per heavy atom. The van der Waals surface area contributed by atoms with E-state index in [1.54, 1.807) is 0 Å². The van der Waals surface area contributed by atoms with Crippen molar-refractivity contribution in [1.82, 2.24) is 10.6 Å². The Hall–Kier alpha value is -1.85. The molecule has 0 aromatic rings. The molecule has 6 heteroatoms. The molecular weight excluding hydrogens is 224 g/mol. The highest BCUT2D eigenvalue weighted by atomic mass is 16.4. The van der Waals surface area contributed by atoms with Crippen LogP contribution in [0.25, 0.3) is 0 Å². The van der Waals surface area contributed by atoms with Gasteiger partial charge >= 0.3 is 12.0 Å². The lowest BCUT2D eigenvalue weighted by Gasteiger charge is -2.19. The Morgan fingerprint density at radius 1 is 1.24 bits per heavy atom. The molecule has 0 aliphatic carbocycles. The van der Waals surface area contributed by atoms with E-state index in [4.69, 9.17) is 5.11 Å². The van der Waals surface area contributed by atoms with E-state index in [0.717, 1.165) is 12.5 Å². The SMILES string of the molecule is CCC(C)C(C)NC(=O)NC(=O)C=CC(=O)O. The molecule has 2 unspecified atom stereocenters. The van der Waals surface area contributed by atoms with Gasteiger partial charge in [0.2, 0.25) is 0 Å². The maximum Gasteiger partial charge on any atom is 0.328 e. The largest absolute Gasteiger partial charge is 0.478 e. The van der Waals surface area contributed by atoms with Crippen LogP contribution in [0.3, 0.4) is 0 Å². The third kappa shape index (κ3) is 7.10. The molecule has 6 nitrogen and oxygen atoms in total. The molecule has 0 spiro atoms. The number of carbonyl (C=O) groups is 3. The molecule has 0 bridgehead atoms. The van der Waals surface area contributed by atoms with Gasteiger partial charge < -0.3 is 10.4 Å². The van der Waals surface area contributed by atoms with Crippen LogP contribution in [0, 0.1) is 5.92 Å². The van der Waals surface area contributed by atoms with Crippen molar-refractivity contribution < 1.29 is 19.5 Å². The summed E-state index contributed by atoms with van der Waals surface area (Å²) < 4.78 is 0. The van der Waals surface area contributed by atoms with Crippen LogP contribution in [0.2, 0.25) is 0 Å². The van der Waals surface area contributed by atoms with E-state index in [2.05, 4.69) is 5.32 Å². The average molecular weight is 242 g/mol. The Balaban J connectivity index is 4.10.